The van der Waals surface area contributed by atoms with Crippen LogP contribution in [-0.2, 0) is 13.0 Å². The molecule has 1 aromatic carbocycles. The van der Waals surface area contributed by atoms with Crippen molar-refractivity contribution >= 4 is 15.9 Å². The van der Waals surface area contributed by atoms with Crippen molar-refractivity contribution in [3.05, 3.63) is 58.3 Å². The van der Waals surface area contributed by atoms with Gasteiger partial charge in [0.1, 0.15) is 5.75 Å². The Balaban J connectivity index is 1.53. The number of hydrogen-bond acceptors (Lipinski definition) is 3. The molecule has 1 saturated carbocycles. The van der Waals surface area contributed by atoms with Gasteiger partial charge in [-0.1, -0.05) is 22.0 Å². The van der Waals surface area contributed by atoms with Gasteiger partial charge >= 0.3 is 0 Å². The molecule has 1 heterocycles. The van der Waals surface area contributed by atoms with Crippen LogP contribution >= 0.6 is 15.9 Å². The van der Waals surface area contributed by atoms with E-state index in [1.54, 1.807) is 0 Å². The third-order valence-corrected chi connectivity index (χ3v) is 4.30. The molecule has 1 fully saturated rings. The summed E-state index contributed by atoms with van der Waals surface area (Å²) in [7, 11) is 0. The van der Waals surface area contributed by atoms with Crippen LogP contribution in [0.3, 0.4) is 0 Å². The third-order valence-electron chi connectivity index (χ3n) is 3.53. The molecular weight excluding hydrogens is 328 g/mol. The lowest BCUT2D eigenvalue weighted by molar-refractivity contribution is 0.320. The molecule has 0 atom stereocenters. The maximum atomic E-state index is 5.84. The highest BCUT2D eigenvalue weighted by atomic mass is 79.9. The van der Waals surface area contributed by atoms with E-state index in [9.17, 15) is 0 Å². The van der Waals surface area contributed by atoms with Gasteiger partial charge in [-0.05, 0) is 48.7 Å². The minimum atomic E-state index is 0.647. The predicted molar refractivity (Wildman–Crippen MR) is 87.4 cm³/mol. The highest BCUT2D eigenvalue weighted by Gasteiger charge is 2.20. The van der Waals surface area contributed by atoms with Crippen LogP contribution in [-0.4, -0.2) is 17.6 Å². The van der Waals surface area contributed by atoms with Crippen molar-refractivity contribution in [2.24, 2.45) is 0 Å². The summed E-state index contributed by atoms with van der Waals surface area (Å²) in [5.74, 6) is 0.918. The summed E-state index contributed by atoms with van der Waals surface area (Å²) in [6.07, 6.45) is 5.25. The van der Waals surface area contributed by atoms with Crippen LogP contribution in [0.4, 0.5) is 0 Å². The summed E-state index contributed by atoms with van der Waals surface area (Å²) < 4.78 is 6.97. The zero-order valence-electron chi connectivity index (χ0n) is 11.9. The number of ether oxygens (including phenoxy) is 1. The summed E-state index contributed by atoms with van der Waals surface area (Å²) in [5, 5.41) is 3.53. The lowest BCUT2D eigenvalue weighted by atomic mass is 10.2. The molecule has 0 amide bonds. The quantitative estimate of drug-likeness (QED) is 0.829. The van der Waals surface area contributed by atoms with Gasteiger partial charge in [-0.2, -0.15) is 0 Å². The van der Waals surface area contributed by atoms with Gasteiger partial charge in [0.05, 0.1) is 6.61 Å². The Hall–Kier alpha value is -1.39. The van der Waals surface area contributed by atoms with Gasteiger partial charge in [-0.25, -0.2) is 0 Å². The minimum absolute atomic E-state index is 0.647. The van der Waals surface area contributed by atoms with Crippen molar-refractivity contribution in [1.29, 1.82) is 0 Å². The number of benzene rings is 1. The van der Waals surface area contributed by atoms with Crippen LogP contribution in [0.25, 0.3) is 0 Å². The second-order valence-electron chi connectivity index (χ2n) is 5.33. The molecule has 21 heavy (non-hydrogen) atoms. The fourth-order valence-corrected chi connectivity index (χ4v) is 2.52. The first-order valence-corrected chi connectivity index (χ1v) is 8.15. The first kappa shape index (κ1) is 14.5. The summed E-state index contributed by atoms with van der Waals surface area (Å²) in [5.41, 5.74) is 2.31. The largest absolute Gasteiger partial charge is 0.493 e. The molecule has 110 valence electrons. The number of nitrogens with zero attached hydrogens (tertiary/aromatic N) is 1. The zero-order chi connectivity index (χ0) is 14.5. The number of pyridine rings is 1. The molecule has 3 rings (SSSR count). The molecular formula is C17H19BrN2O. The smallest absolute Gasteiger partial charge is 0.119 e. The first-order chi connectivity index (χ1) is 10.3. The Morgan fingerprint density at radius 1 is 1.24 bits per heavy atom. The van der Waals surface area contributed by atoms with Crippen molar-refractivity contribution in [2.75, 3.05) is 6.61 Å². The van der Waals surface area contributed by atoms with Gasteiger partial charge < -0.3 is 10.1 Å². The molecule has 0 aliphatic heterocycles. The van der Waals surface area contributed by atoms with E-state index in [0.29, 0.717) is 12.6 Å². The van der Waals surface area contributed by atoms with Crippen molar-refractivity contribution < 1.29 is 4.74 Å². The fourth-order valence-electron chi connectivity index (χ4n) is 2.14. The Morgan fingerprint density at radius 3 is 2.90 bits per heavy atom. The van der Waals surface area contributed by atoms with E-state index in [1.807, 2.05) is 30.5 Å². The molecule has 2 aromatic rings. The summed E-state index contributed by atoms with van der Waals surface area (Å²) >= 11 is 3.60. The number of nitrogens with one attached hydrogen (secondary N) is 1. The van der Waals surface area contributed by atoms with Crippen LogP contribution in [0.1, 0.15) is 24.1 Å². The number of hydrogen-bond donors (Lipinski definition) is 1. The Morgan fingerprint density at radius 2 is 2.14 bits per heavy atom. The van der Waals surface area contributed by atoms with E-state index in [2.05, 4.69) is 38.4 Å². The monoisotopic (exact) mass is 346 g/mol. The SMILES string of the molecule is Brc1ccc(OCCc2ccccn2)cc1CNC1CC1. The summed E-state index contributed by atoms with van der Waals surface area (Å²) in [6.45, 7) is 1.54. The van der Waals surface area contributed by atoms with Gasteiger partial charge in [-0.3, -0.25) is 4.98 Å². The average Bonchev–Trinajstić information content (AvgIpc) is 3.33. The first-order valence-electron chi connectivity index (χ1n) is 7.36. The van der Waals surface area contributed by atoms with Crippen molar-refractivity contribution in [1.82, 2.24) is 10.3 Å². The van der Waals surface area contributed by atoms with E-state index in [0.717, 1.165) is 28.9 Å². The molecule has 0 unspecified atom stereocenters. The second kappa shape index (κ2) is 7.05. The molecule has 0 radical (unpaired) electrons. The number of aromatic nitrogens is 1. The zero-order valence-corrected chi connectivity index (χ0v) is 13.5. The standard InChI is InChI=1S/C17H19BrN2O/c18-17-7-6-16(11-13(17)12-20-15-4-5-15)21-10-8-14-3-1-2-9-19-14/h1-3,6-7,9,11,15,20H,4-5,8,10,12H2. The van der Waals surface area contributed by atoms with Gasteiger partial charge in [0.25, 0.3) is 0 Å². The van der Waals surface area contributed by atoms with Gasteiger partial charge in [0.2, 0.25) is 0 Å². The molecule has 0 saturated heterocycles. The van der Waals surface area contributed by atoms with Crippen LogP contribution in [0.2, 0.25) is 0 Å². The maximum Gasteiger partial charge on any atom is 0.119 e. The van der Waals surface area contributed by atoms with Gasteiger partial charge in [0.15, 0.2) is 0 Å². The average molecular weight is 347 g/mol. The van der Waals surface area contributed by atoms with Gasteiger partial charge in [-0.15, -0.1) is 0 Å². The van der Waals surface area contributed by atoms with Crippen molar-refractivity contribution in [2.45, 2.75) is 31.8 Å². The molecule has 1 aliphatic rings. The maximum absolute atomic E-state index is 5.84. The van der Waals surface area contributed by atoms with E-state index < -0.39 is 0 Å². The van der Waals surface area contributed by atoms with E-state index in [1.165, 1.54) is 18.4 Å². The molecule has 3 nitrogen and oxygen atoms in total. The third kappa shape index (κ3) is 4.55. The molecule has 4 heteroatoms. The molecule has 1 aromatic heterocycles. The minimum Gasteiger partial charge on any atom is -0.493 e. The van der Waals surface area contributed by atoms with E-state index in [-0.39, 0.29) is 0 Å². The van der Waals surface area contributed by atoms with Gasteiger partial charge in [0, 0.05) is 35.4 Å². The Labute approximate surface area is 133 Å². The Kier molecular flexibility index (Phi) is 4.88. The fraction of sp³-hybridized carbons (Fsp3) is 0.353. The number of halogens is 1. The predicted octanol–water partition coefficient (Wildman–Crippen LogP) is 3.72. The highest BCUT2D eigenvalue weighted by molar-refractivity contribution is 9.10. The second-order valence-corrected chi connectivity index (χ2v) is 6.18. The van der Waals surface area contributed by atoms with E-state index >= 15 is 0 Å². The van der Waals surface area contributed by atoms with Crippen molar-refractivity contribution in [3.63, 3.8) is 0 Å². The van der Waals surface area contributed by atoms with Crippen LogP contribution in [0.15, 0.2) is 47.1 Å². The lowest BCUT2D eigenvalue weighted by Gasteiger charge is -2.10. The number of rotatable bonds is 7. The molecule has 0 spiro atoms. The summed E-state index contributed by atoms with van der Waals surface area (Å²) in [4.78, 5) is 4.30. The van der Waals surface area contributed by atoms with E-state index in [4.69, 9.17) is 4.74 Å². The summed E-state index contributed by atoms with van der Waals surface area (Å²) in [6, 6.07) is 12.8. The van der Waals surface area contributed by atoms with Crippen LogP contribution in [0, 0.1) is 0 Å². The van der Waals surface area contributed by atoms with Crippen LogP contribution in [0.5, 0.6) is 5.75 Å². The molecule has 1 aliphatic carbocycles. The highest BCUT2D eigenvalue weighted by Crippen LogP contribution is 2.25. The topological polar surface area (TPSA) is 34.1 Å². The molecule has 1 N–H and O–H groups in total. The van der Waals surface area contributed by atoms with Crippen LogP contribution < -0.4 is 10.1 Å². The lowest BCUT2D eigenvalue weighted by Crippen LogP contribution is -2.15. The molecule has 0 bridgehead atoms. The Bertz CT molecular complexity index is 585. The normalized spacial score (nSPS) is 14.1. The van der Waals surface area contributed by atoms with Crippen molar-refractivity contribution in [3.8, 4) is 5.75 Å².